The molecule has 3 aromatic rings. The minimum atomic E-state index is -0.469. The summed E-state index contributed by atoms with van der Waals surface area (Å²) >= 11 is 1.33. The highest BCUT2D eigenvalue weighted by molar-refractivity contribution is 7.14. The fraction of sp³-hybridized carbons (Fsp3) is 0.136. The number of aryl methyl sites for hydroxylation is 1. The van der Waals surface area contributed by atoms with Crippen LogP contribution >= 0.6 is 11.3 Å². The lowest BCUT2D eigenvalue weighted by atomic mass is 10.1. The second-order valence-electron chi connectivity index (χ2n) is 6.51. The van der Waals surface area contributed by atoms with E-state index < -0.39 is 5.91 Å². The summed E-state index contributed by atoms with van der Waals surface area (Å²) in [6.07, 6.45) is 1.57. The van der Waals surface area contributed by atoms with Crippen LogP contribution in [-0.4, -0.2) is 25.0 Å². The third-order valence-electron chi connectivity index (χ3n) is 4.16. The predicted octanol–water partition coefficient (Wildman–Crippen LogP) is 4.73. The minimum absolute atomic E-state index is 0.0321. The van der Waals surface area contributed by atoms with Crippen LogP contribution in [0.2, 0.25) is 0 Å². The summed E-state index contributed by atoms with van der Waals surface area (Å²) < 4.78 is 0. The first-order valence-corrected chi connectivity index (χ1v) is 9.57. The number of carbonyl (C=O) groups excluding carboxylic acids is 1. The maximum Gasteiger partial charge on any atom is 0.268 e. The lowest BCUT2D eigenvalue weighted by Crippen LogP contribution is -2.13. The van der Waals surface area contributed by atoms with Crippen LogP contribution in [0.3, 0.4) is 0 Å². The molecule has 1 aromatic heterocycles. The van der Waals surface area contributed by atoms with E-state index in [4.69, 9.17) is 0 Å². The third kappa shape index (κ3) is 4.64. The molecule has 0 aliphatic rings. The van der Waals surface area contributed by atoms with Crippen molar-refractivity contribution in [1.82, 2.24) is 4.98 Å². The van der Waals surface area contributed by atoms with Gasteiger partial charge in [-0.3, -0.25) is 10.1 Å². The van der Waals surface area contributed by atoms with Gasteiger partial charge in [0, 0.05) is 30.7 Å². The standard InChI is InChI=1S/C22H20N4OS/c1-15-4-8-17(9-5-15)20-14-28-22(24-20)25-21(27)18(13-23)12-16-6-10-19(11-7-16)26(2)3/h4-12,14H,1-3H3,(H,24,25,27)/b18-12+. The van der Waals surface area contributed by atoms with Gasteiger partial charge in [0.2, 0.25) is 0 Å². The first-order valence-electron chi connectivity index (χ1n) is 8.69. The van der Waals surface area contributed by atoms with Crippen LogP contribution in [0, 0.1) is 18.3 Å². The average Bonchev–Trinajstić information content (AvgIpc) is 3.15. The van der Waals surface area contributed by atoms with E-state index in [1.807, 2.05) is 85.9 Å². The van der Waals surface area contributed by atoms with Crippen LogP contribution in [0.5, 0.6) is 0 Å². The molecule has 0 radical (unpaired) electrons. The van der Waals surface area contributed by atoms with Crippen LogP contribution in [0.1, 0.15) is 11.1 Å². The molecule has 0 aliphatic heterocycles. The number of carbonyl (C=O) groups is 1. The van der Waals surface area contributed by atoms with E-state index in [0.717, 1.165) is 22.5 Å². The van der Waals surface area contributed by atoms with Crippen molar-refractivity contribution < 1.29 is 4.79 Å². The number of nitrogens with one attached hydrogen (secondary N) is 1. The Balaban J connectivity index is 1.74. The lowest BCUT2D eigenvalue weighted by molar-refractivity contribution is -0.112. The summed E-state index contributed by atoms with van der Waals surface area (Å²) in [4.78, 5) is 18.9. The molecule has 1 amide bonds. The summed E-state index contributed by atoms with van der Waals surface area (Å²) in [7, 11) is 3.91. The number of nitrogens with zero attached hydrogens (tertiary/aromatic N) is 3. The van der Waals surface area contributed by atoms with E-state index in [0.29, 0.717) is 5.13 Å². The molecular formula is C22H20N4OS. The van der Waals surface area contributed by atoms with Gasteiger partial charge in [0.15, 0.2) is 5.13 Å². The smallest absolute Gasteiger partial charge is 0.268 e. The Morgan fingerprint density at radius 1 is 1.14 bits per heavy atom. The fourth-order valence-corrected chi connectivity index (χ4v) is 3.25. The summed E-state index contributed by atoms with van der Waals surface area (Å²) in [6, 6.07) is 17.6. The normalized spacial score (nSPS) is 11.0. The summed E-state index contributed by atoms with van der Waals surface area (Å²) in [6.45, 7) is 2.03. The zero-order valence-corrected chi connectivity index (χ0v) is 16.7. The fourth-order valence-electron chi connectivity index (χ4n) is 2.54. The van der Waals surface area contributed by atoms with E-state index in [-0.39, 0.29) is 5.57 Å². The van der Waals surface area contributed by atoms with Crippen LogP contribution in [0.25, 0.3) is 17.3 Å². The molecule has 3 rings (SSSR count). The van der Waals surface area contributed by atoms with Gasteiger partial charge in [-0.2, -0.15) is 5.26 Å². The Labute approximate surface area is 168 Å². The molecule has 0 saturated carbocycles. The van der Waals surface area contributed by atoms with E-state index in [2.05, 4.69) is 10.3 Å². The molecule has 1 N–H and O–H groups in total. The van der Waals surface area contributed by atoms with Crippen molar-refractivity contribution in [1.29, 1.82) is 5.26 Å². The monoisotopic (exact) mass is 388 g/mol. The number of hydrogen-bond donors (Lipinski definition) is 1. The van der Waals surface area contributed by atoms with Gasteiger partial charge in [-0.1, -0.05) is 42.0 Å². The number of rotatable bonds is 5. The Kier molecular flexibility index (Phi) is 5.87. The Morgan fingerprint density at radius 2 is 1.82 bits per heavy atom. The van der Waals surface area contributed by atoms with E-state index >= 15 is 0 Å². The number of hydrogen-bond acceptors (Lipinski definition) is 5. The Morgan fingerprint density at radius 3 is 2.43 bits per heavy atom. The van der Waals surface area contributed by atoms with E-state index in [1.54, 1.807) is 6.08 Å². The molecule has 0 unspecified atom stereocenters. The first kappa shape index (κ1) is 19.3. The Bertz CT molecular complexity index is 1040. The zero-order chi connectivity index (χ0) is 20.1. The first-order chi connectivity index (χ1) is 13.5. The van der Waals surface area contributed by atoms with Crippen molar-refractivity contribution in [3.8, 4) is 17.3 Å². The van der Waals surface area contributed by atoms with Gasteiger partial charge in [0.05, 0.1) is 5.69 Å². The number of benzene rings is 2. The van der Waals surface area contributed by atoms with Gasteiger partial charge in [-0.05, 0) is 30.7 Å². The van der Waals surface area contributed by atoms with Crippen LogP contribution in [0.15, 0.2) is 59.5 Å². The molecule has 0 fully saturated rings. The highest BCUT2D eigenvalue weighted by Gasteiger charge is 2.12. The number of amides is 1. The van der Waals surface area contributed by atoms with Gasteiger partial charge < -0.3 is 4.90 Å². The van der Waals surface area contributed by atoms with Crippen molar-refractivity contribution in [3.05, 3.63) is 70.6 Å². The molecule has 6 heteroatoms. The molecule has 5 nitrogen and oxygen atoms in total. The molecule has 2 aromatic carbocycles. The summed E-state index contributed by atoms with van der Waals surface area (Å²) in [5.41, 5.74) is 4.82. The van der Waals surface area contributed by atoms with Crippen molar-refractivity contribution in [3.63, 3.8) is 0 Å². The second-order valence-corrected chi connectivity index (χ2v) is 7.37. The van der Waals surface area contributed by atoms with Gasteiger partial charge in [0.1, 0.15) is 11.6 Å². The maximum atomic E-state index is 12.5. The van der Waals surface area contributed by atoms with Crippen LogP contribution in [-0.2, 0) is 4.79 Å². The van der Waals surface area contributed by atoms with Gasteiger partial charge in [-0.25, -0.2) is 4.98 Å². The number of thiazole rings is 1. The van der Waals surface area contributed by atoms with Crippen molar-refractivity contribution in [2.24, 2.45) is 0 Å². The van der Waals surface area contributed by atoms with Crippen molar-refractivity contribution >= 4 is 34.1 Å². The molecular weight excluding hydrogens is 368 g/mol. The Hall–Kier alpha value is -3.43. The van der Waals surface area contributed by atoms with Gasteiger partial charge in [-0.15, -0.1) is 11.3 Å². The largest absolute Gasteiger partial charge is 0.378 e. The maximum absolute atomic E-state index is 12.5. The number of aromatic nitrogens is 1. The summed E-state index contributed by atoms with van der Waals surface area (Å²) in [5, 5.41) is 14.4. The minimum Gasteiger partial charge on any atom is -0.378 e. The van der Waals surface area contributed by atoms with Crippen molar-refractivity contribution in [2.75, 3.05) is 24.3 Å². The molecule has 0 aliphatic carbocycles. The molecule has 28 heavy (non-hydrogen) atoms. The molecule has 1 heterocycles. The second kappa shape index (κ2) is 8.51. The van der Waals surface area contributed by atoms with E-state index in [1.165, 1.54) is 16.9 Å². The highest BCUT2D eigenvalue weighted by atomic mass is 32.1. The number of nitriles is 1. The van der Waals surface area contributed by atoms with Gasteiger partial charge >= 0.3 is 0 Å². The lowest BCUT2D eigenvalue weighted by Gasteiger charge is -2.11. The zero-order valence-electron chi connectivity index (χ0n) is 15.9. The predicted molar refractivity (Wildman–Crippen MR) is 115 cm³/mol. The van der Waals surface area contributed by atoms with Gasteiger partial charge in [0.25, 0.3) is 5.91 Å². The molecule has 140 valence electrons. The molecule has 0 atom stereocenters. The number of anilines is 2. The topological polar surface area (TPSA) is 69.0 Å². The third-order valence-corrected chi connectivity index (χ3v) is 4.92. The quantitative estimate of drug-likeness (QED) is 0.507. The van der Waals surface area contributed by atoms with Crippen LogP contribution in [0.4, 0.5) is 10.8 Å². The van der Waals surface area contributed by atoms with Crippen LogP contribution < -0.4 is 10.2 Å². The molecule has 0 bridgehead atoms. The molecule has 0 spiro atoms. The molecule has 0 saturated heterocycles. The summed E-state index contributed by atoms with van der Waals surface area (Å²) in [5.74, 6) is -0.469. The highest BCUT2D eigenvalue weighted by Crippen LogP contribution is 2.25. The van der Waals surface area contributed by atoms with Crippen molar-refractivity contribution in [2.45, 2.75) is 6.92 Å². The van der Waals surface area contributed by atoms with E-state index in [9.17, 15) is 10.1 Å². The SMILES string of the molecule is Cc1ccc(-c2csc(NC(=O)/C(C#N)=C/c3ccc(N(C)C)cc3)n2)cc1. The average molecular weight is 388 g/mol.